The summed E-state index contributed by atoms with van der Waals surface area (Å²) in [5, 5.41) is 11.4. The van der Waals surface area contributed by atoms with E-state index in [2.05, 4.69) is 20.5 Å². The summed E-state index contributed by atoms with van der Waals surface area (Å²) in [5.74, 6) is 0.720. The van der Waals surface area contributed by atoms with Crippen molar-refractivity contribution < 1.29 is 9.53 Å². The van der Waals surface area contributed by atoms with Crippen molar-refractivity contribution in [2.45, 2.75) is 38.9 Å². The molecule has 1 aromatic heterocycles. The molecule has 0 aliphatic carbocycles. The van der Waals surface area contributed by atoms with Crippen molar-refractivity contribution >= 4 is 6.03 Å². The highest BCUT2D eigenvalue weighted by Crippen LogP contribution is 2.20. The highest BCUT2D eigenvalue weighted by molar-refractivity contribution is 5.73. The van der Waals surface area contributed by atoms with Crippen molar-refractivity contribution in [1.29, 1.82) is 0 Å². The third-order valence-corrected chi connectivity index (χ3v) is 4.81. The lowest BCUT2D eigenvalue weighted by molar-refractivity contribution is 0.0515. The molecule has 1 saturated heterocycles. The predicted molar refractivity (Wildman–Crippen MR) is 89.4 cm³/mol. The number of carbonyl (C=O) groups is 1. The van der Waals surface area contributed by atoms with Crippen LogP contribution >= 0.6 is 0 Å². The topological polar surface area (TPSA) is 75.5 Å². The molecule has 1 N–H and O–H groups in total. The molecule has 2 aliphatic rings. The molecule has 134 valence electrons. The Morgan fingerprint density at radius 2 is 2.12 bits per heavy atom. The second kappa shape index (κ2) is 7.94. The van der Waals surface area contributed by atoms with Crippen molar-refractivity contribution in [3.8, 4) is 0 Å². The first-order chi connectivity index (χ1) is 11.6. The largest absolute Gasteiger partial charge is 0.381 e. The van der Waals surface area contributed by atoms with Gasteiger partial charge < -0.3 is 15.0 Å². The Balaban J connectivity index is 1.62. The molecule has 8 nitrogen and oxygen atoms in total. The lowest BCUT2D eigenvalue weighted by atomic mass is 9.99. The van der Waals surface area contributed by atoms with Crippen LogP contribution in [0, 0.1) is 5.92 Å². The number of hydrogen-bond acceptors (Lipinski definition) is 5. The number of fused-ring (bicyclic) bond motifs is 1. The summed E-state index contributed by atoms with van der Waals surface area (Å²) in [5.41, 5.74) is 2.02. The van der Waals surface area contributed by atoms with Gasteiger partial charge in [0.1, 0.15) is 5.69 Å². The molecule has 3 heterocycles. The van der Waals surface area contributed by atoms with E-state index in [4.69, 9.17) is 4.74 Å². The molecule has 1 aromatic rings. The van der Waals surface area contributed by atoms with E-state index in [-0.39, 0.29) is 6.03 Å². The maximum Gasteiger partial charge on any atom is 0.317 e. The van der Waals surface area contributed by atoms with Crippen LogP contribution in [0.4, 0.5) is 4.79 Å². The van der Waals surface area contributed by atoms with E-state index < -0.39 is 0 Å². The number of nitrogens with one attached hydrogen (secondary N) is 1. The lowest BCUT2D eigenvalue weighted by Gasteiger charge is -2.28. The van der Waals surface area contributed by atoms with Gasteiger partial charge in [-0.05, 0) is 25.2 Å². The van der Waals surface area contributed by atoms with Gasteiger partial charge in [-0.1, -0.05) is 5.21 Å². The number of nitrogens with zero attached hydrogens (tertiary/aromatic N) is 5. The zero-order chi connectivity index (χ0) is 16.9. The van der Waals surface area contributed by atoms with Gasteiger partial charge in [0.15, 0.2) is 0 Å². The van der Waals surface area contributed by atoms with E-state index in [1.807, 2.05) is 4.68 Å². The molecule has 0 aromatic carbocycles. The summed E-state index contributed by atoms with van der Waals surface area (Å²) >= 11 is 0. The van der Waals surface area contributed by atoms with Gasteiger partial charge in [0.25, 0.3) is 0 Å². The predicted octanol–water partition coefficient (Wildman–Crippen LogP) is 0.682. The molecule has 0 bridgehead atoms. The number of hydrogen-bond donors (Lipinski definition) is 1. The number of aryl methyl sites for hydroxylation is 1. The summed E-state index contributed by atoms with van der Waals surface area (Å²) in [4.78, 5) is 15.8. The molecule has 8 heteroatoms. The van der Waals surface area contributed by atoms with Crippen LogP contribution in [-0.2, 0) is 24.4 Å². The fourth-order valence-electron chi connectivity index (χ4n) is 3.36. The number of rotatable bonds is 4. The average Bonchev–Trinajstić information content (AvgIpc) is 2.83. The number of urea groups is 1. The van der Waals surface area contributed by atoms with E-state index in [0.717, 1.165) is 76.0 Å². The first-order valence-corrected chi connectivity index (χ1v) is 8.80. The van der Waals surface area contributed by atoms with Crippen molar-refractivity contribution in [2.75, 3.05) is 40.4 Å². The lowest BCUT2D eigenvalue weighted by Crippen LogP contribution is -2.35. The third-order valence-electron chi connectivity index (χ3n) is 4.81. The molecular formula is C16H28N6O2. The smallest absolute Gasteiger partial charge is 0.317 e. The van der Waals surface area contributed by atoms with Gasteiger partial charge in [0.2, 0.25) is 0 Å². The molecule has 2 amide bonds. The second-order valence-corrected chi connectivity index (χ2v) is 6.90. The summed E-state index contributed by atoms with van der Waals surface area (Å²) in [6, 6.07) is -0.107. The molecule has 2 aliphatic heterocycles. The quantitative estimate of drug-likeness (QED) is 0.875. The zero-order valence-corrected chi connectivity index (χ0v) is 14.7. The van der Waals surface area contributed by atoms with Crippen LogP contribution in [0.15, 0.2) is 0 Å². The monoisotopic (exact) mass is 336 g/mol. The van der Waals surface area contributed by atoms with E-state index in [0.29, 0.717) is 6.54 Å². The maximum atomic E-state index is 11.7. The Bertz CT molecular complexity index is 553. The van der Waals surface area contributed by atoms with Gasteiger partial charge >= 0.3 is 6.03 Å². The Kier molecular flexibility index (Phi) is 5.68. The van der Waals surface area contributed by atoms with Gasteiger partial charge in [-0.3, -0.25) is 4.90 Å². The van der Waals surface area contributed by atoms with Crippen molar-refractivity contribution in [3.63, 3.8) is 0 Å². The number of aromatic nitrogens is 3. The van der Waals surface area contributed by atoms with E-state index in [9.17, 15) is 4.79 Å². The van der Waals surface area contributed by atoms with Gasteiger partial charge in [0.05, 0.1) is 12.2 Å². The molecule has 1 fully saturated rings. The van der Waals surface area contributed by atoms with Crippen LogP contribution in [-0.4, -0.2) is 71.2 Å². The maximum absolute atomic E-state index is 11.7. The third kappa shape index (κ3) is 4.24. The SMILES string of the molecule is CN(C)C(=O)NCc1nnn2c1CN(CC1CCOCC1)CCC2. The highest BCUT2D eigenvalue weighted by Gasteiger charge is 2.23. The van der Waals surface area contributed by atoms with E-state index in [1.165, 1.54) is 4.90 Å². The molecule has 3 rings (SSSR count). The zero-order valence-electron chi connectivity index (χ0n) is 14.7. The van der Waals surface area contributed by atoms with Crippen LogP contribution in [0.5, 0.6) is 0 Å². The minimum absolute atomic E-state index is 0.107. The summed E-state index contributed by atoms with van der Waals surface area (Å²) in [7, 11) is 3.47. The number of ether oxygens (including phenoxy) is 1. The first-order valence-electron chi connectivity index (χ1n) is 8.80. The highest BCUT2D eigenvalue weighted by atomic mass is 16.5. The van der Waals surface area contributed by atoms with Crippen LogP contribution < -0.4 is 5.32 Å². The van der Waals surface area contributed by atoms with Gasteiger partial charge in [-0.25, -0.2) is 9.48 Å². The van der Waals surface area contributed by atoms with Crippen molar-refractivity contribution in [2.24, 2.45) is 5.92 Å². The normalized spacial score (nSPS) is 19.6. The van der Waals surface area contributed by atoms with Crippen molar-refractivity contribution in [3.05, 3.63) is 11.4 Å². The molecule has 24 heavy (non-hydrogen) atoms. The molecule has 0 unspecified atom stereocenters. The standard InChI is InChI=1S/C16H28N6O2/c1-20(2)16(23)17-10-14-15-12-21(6-3-7-22(15)19-18-14)11-13-4-8-24-9-5-13/h13H,3-12H2,1-2H3,(H,17,23). The van der Waals surface area contributed by atoms with Crippen LogP contribution in [0.25, 0.3) is 0 Å². The van der Waals surface area contributed by atoms with Gasteiger partial charge in [-0.15, -0.1) is 5.10 Å². The van der Waals surface area contributed by atoms with Crippen molar-refractivity contribution in [1.82, 2.24) is 30.1 Å². The minimum atomic E-state index is -0.107. The Hall–Kier alpha value is -1.67. The van der Waals surface area contributed by atoms with Gasteiger partial charge in [-0.2, -0.15) is 0 Å². The molecule has 0 spiro atoms. The average molecular weight is 336 g/mol. The number of carbonyl (C=O) groups excluding carboxylic acids is 1. The Labute approximate surface area is 143 Å². The van der Waals surface area contributed by atoms with Crippen LogP contribution in [0.1, 0.15) is 30.7 Å². The minimum Gasteiger partial charge on any atom is -0.381 e. The molecule has 0 radical (unpaired) electrons. The molecular weight excluding hydrogens is 308 g/mol. The summed E-state index contributed by atoms with van der Waals surface area (Å²) in [6.07, 6.45) is 3.39. The Morgan fingerprint density at radius 3 is 2.88 bits per heavy atom. The summed E-state index contributed by atoms with van der Waals surface area (Å²) in [6.45, 7) is 6.16. The molecule has 0 atom stereocenters. The summed E-state index contributed by atoms with van der Waals surface area (Å²) < 4.78 is 7.46. The fourth-order valence-corrected chi connectivity index (χ4v) is 3.36. The molecule has 0 saturated carbocycles. The van der Waals surface area contributed by atoms with Gasteiger partial charge in [0, 0.05) is 53.5 Å². The number of amides is 2. The fraction of sp³-hybridized carbons (Fsp3) is 0.812. The van der Waals surface area contributed by atoms with Crippen LogP contribution in [0.3, 0.4) is 0 Å². The Morgan fingerprint density at radius 1 is 1.33 bits per heavy atom. The van der Waals surface area contributed by atoms with E-state index in [1.54, 1.807) is 14.1 Å². The second-order valence-electron chi connectivity index (χ2n) is 6.90. The van der Waals surface area contributed by atoms with Crippen LogP contribution in [0.2, 0.25) is 0 Å². The first kappa shape index (κ1) is 17.2. The van der Waals surface area contributed by atoms with E-state index >= 15 is 0 Å².